The highest BCUT2D eigenvalue weighted by atomic mass is 16.7. The summed E-state index contributed by atoms with van der Waals surface area (Å²) in [5.74, 6) is -0.243. The molecule has 1 amide bonds. The number of nitrogens with one attached hydrogen (secondary N) is 1. The number of carbonyl (C=O) groups excluding carboxylic acids is 1. The Morgan fingerprint density at radius 3 is 1.35 bits per heavy atom. The molecule has 438 valence electrons. The SMILES string of the molecule is CCCCCCC/C=C\C/C=C\C/C=C\CCCCCCCCCCCCC(=O)NC(COC1OC(CO)C(OC2OC(CO)C(O)C(O)C2O)C(O)C1O)C(O)/C=C/CCCCCCCCCCCCCCCC. The third-order valence-corrected chi connectivity index (χ3v) is 14.8. The Morgan fingerprint density at radius 1 is 0.480 bits per heavy atom. The second-order valence-corrected chi connectivity index (χ2v) is 21.5. The molecule has 9 N–H and O–H groups in total. The summed E-state index contributed by atoms with van der Waals surface area (Å²) in [6, 6.07) is -0.918. The minimum absolute atomic E-state index is 0.243. The molecule has 14 heteroatoms. The summed E-state index contributed by atoms with van der Waals surface area (Å²) in [6.07, 6.45) is 41.4. The Balaban J connectivity index is 1.75. The zero-order valence-electron chi connectivity index (χ0n) is 47.0. The van der Waals surface area contributed by atoms with Crippen LogP contribution in [0.15, 0.2) is 48.6 Å². The van der Waals surface area contributed by atoms with E-state index in [2.05, 4.69) is 55.6 Å². The fraction of sp³-hybridized carbons (Fsp3) is 0.852. The lowest BCUT2D eigenvalue weighted by molar-refractivity contribution is -0.359. The number of ether oxygens (including phenoxy) is 4. The van der Waals surface area contributed by atoms with Gasteiger partial charge in [0.1, 0.15) is 48.8 Å². The molecule has 0 aromatic rings. The van der Waals surface area contributed by atoms with Crippen LogP contribution in [0, 0.1) is 0 Å². The largest absolute Gasteiger partial charge is 0.394 e. The lowest BCUT2D eigenvalue weighted by Gasteiger charge is -2.46. The Hall–Kier alpha value is -2.05. The van der Waals surface area contributed by atoms with Gasteiger partial charge < -0.3 is 65.1 Å². The quantitative estimate of drug-likeness (QED) is 0.0204. The Labute approximate surface area is 454 Å². The first-order valence-electron chi connectivity index (χ1n) is 30.4. The van der Waals surface area contributed by atoms with Crippen molar-refractivity contribution < 1.29 is 64.6 Å². The van der Waals surface area contributed by atoms with E-state index in [0.29, 0.717) is 6.42 Å². The molecule has 0 aromatic heterocycles. The number of allylic oxidation sites excluding steroid dienone is 7. The molecule has 0 spiro atoms. The predicted octanol–water partition coefficient (Wildman–Crippen LogP) is 10.4. The Bertz CT molecular complexity index is 1440. The van der Waals surface area contributed by atoms with Gasteiger partial charge in [0.05, 0.1) is 32.0 Å². The first kappa shape index (κ1) is 69.1. The molecule has 0 aliphatic carbocycles. The van der Waals surface area contributed by atoms with Gasteiger partial charge in [-0.25, -0.2) is 0 Å². The molecule has 12 atom stereocenters. The maximum Gasteiger partial charge on any atom is 0.220 e. The molecule has 2 rings (SSSR count). The molecule has 75 heavy (non-hydrogen) atoms. The van der Waals surface area contributed by atoms with Crippen molar-refractivity contribution in [2.45, 2.75) is 312 Å². The van der Waals surface area contributed by atoms with Crippen molar-refractivity contribution in [2.24, 2.45) is 0 Å². The molecule has 2 aliphatic rings. The van der Waals surface area contributed by atoms with Crippen LogP contribution in [0.5, 0.6) is 0 Å². The molecule has 2 aliphatic heterocycles. The molecule has 0 radical (unpaired) electrons. The molecule has 0 aromatic carbocycles. The van der Waals surface area contributed by atoms with Gasteiger partial charge in [-0.15, -0.1) is 0 Å². The fourth-order valence-electron chi connectivity index (χ4n) is 9.83. The van der Waals surface area contributed by atoms with Crippen molar-refractivity contribution in [1.29, 1.82) is 0 Å². The lowest BCUT2D eigenvalue weighted by Crippen LogP contribution is -2.65. The summed E-state index contributed by atoms with van der Waals surface area (Å²) in [5, 5.41) is 87.1. The Kier molecular flexibility index (Phi) is 43.1. The first-order valence-corrected chi connectivity index (χ1v) is 30.4. The molecular weight excluding hydrogens is 955 g/mol. The molecule has 0 bridgehead atoms. The van der Waals surface area contributed by atoms with Crippen LogP contribution in [-0.2, 0) is 23.7 Å². The van der Waals surface area contributed by atoms with Gasteiger partial charge in [-0.3, -0.25) is 4.79 Å². The third-order valence-electron chi connectivity index (χ3n) is 14.8. The van der Waals surface area contributed by atoms with Crippen LogP contribution in [0.3, 0.4) is 0 Å². The average Bonchev–Trinajstić information content (AvgIpc) is 3.41. The molecule has 2 heterocycles. The van der Waals surface area contributed by atoms with Crippen LogP contribution in [0.4, 0.5) is 0 Å². The minimum Gasteiger partial charge on any atom is -0.394 e. The normalized spacial score (nSPS) is 25.4. The third kappa shape index (κ3) is 32.6. The van der Waals surface area contributed by atoms with Gasteiger partial charge in [0, 0.05) is 6.42 Å². The average molecular weight is 1070 g/mol. The van der Waals surface area contributed by atoms with E-state index in [1.54, 1.807) is 6.08 Å². The highest BCUT2D eigenvalue weighted by Gasteiger charge is 2.51. The number of hydrogen-bond acceptors (Lipinski definition) is 13. The van der Waals surface area contributed by atoms with E-state index < -0.39 is 86.8 Å². The summed E-state index contributed by atoms with van der Waals surface area (Å²) in [6.45, 7) is 2.79. The van der Waals surface area contributed by atoms with E-state index in [4.69, 9.17) is 18.9 Å². The predicted molar refractivity (Wildman–Crippen MR) is 300 cm³/mol. The first-order chi connectivity index (χ1) is 36.6. The van der Waals surface area contributed by atoms with Gasteiger partial charge in [-0.2, -0.15) is 0 Å². The number of aliphatic hydroxyl groups is 8. The second kappa shape index (κ2) is 46.8. The summed E-state index contributed by atoms with van der Waals surface area (Å²) < 4.78 is 22.8. The zero-order chi connectivity index (χ0) is 54.6. The molecule has 0 saturated carbocycles. The van der Waals surface area contributed by atoms with E-state index in [-0.39, 0.29) is 18.9 Å². The van der Waals surface area contributed by atoms with E-state index >= 15 is 0 Å². The van der Waals surface area contributed by atoms with Crippen LogP contribution in [0.2, 0.25) is 0 Å². The van der Waals surface area contributed by atoms with Crippen molar-refractivity contribution in [1.82, 2.24) is 5.32 Å². The lowest BCUT2D eigenvalue weighted by atomic mass is 9.97. The zero-order valence-corrected chi connectivity index (χ0v) is 47.0. The van der Waals surface area contributed by atoms with Gasteiger partial charge in [0.15, 0.2) is 12.6 Å². The van der Waals surface area contributed by atoms with Crippen LogP contribution in [0.1, 0.15) is 239 Å². The van der Waals surface area contributed by atoms with E-state index in [1.807, 2.05) is 6.08 Å². The van der Waals surface area contributed by atoms with Gasteiger partial charge in [-0.1, -0.05) is 223 Å². The number of unbranched alkanes of at least 4 members (excludes halogenated alkanes) is 29. The molecule has 2 saturated heterocycles. The van der Waals surface area contributed by atoms with Gasteiger partial charge in [-0.05, 0) is 57.8 Å². The molecule has 2 fully saturated rings. The van der Waals surface area contributed by atoms with Crippen LogP contribution in [0.25, 0.3) is 0 Å². The standard InChI is InChI=1S/C61H111NO13/c1-3-5-7-9-11-13-15-17-19-21-22-23-24-25-26-27-28-29-31-33-35-37-39-41-43-45-53(66)62-49(50(65)44-42-40-38-36-34-32-30-20-18-16-14-12-10-8-6-4-2)48-72-60-58(71)56(69)59(52(47-64)74-60)75-61-57(70)55(68)54(67)51(46-63)73-61/h15,17,21-22,24-25,42,44,49-52,54-61,63-65,67-71H,3-14,16,18-20,23,26-41,43,45-48H2,1-2H3,(H,62,66)/b17-15-,22-21-,25-24-,44-42+. The van der Waals surface area contributed by atoms with Gasteiger partial charge >= 0.3 is 0 Å². The molecular formula is C61H111NO13. The van der Waals surface area contributed by atoms with Crippen molar-refractivity contribution in [3.63, 3.8) is 0 Å². The highest BCUT2D eigenvalue weighted by molar-refractivity contribution is 5.76. The summed E-state index contributed by atoms with van der Waals surface area (Å²) in [7, 11) is 0. The maximum atomic E-state index is 13.3. The monoisotopic (exact) mass is 1070 g/mol. The van der Waals surface area contributed by atoms with Crippen molar-refractivity contribution >= 4 is 5.91 Å². The smallest absolute Gasteiger partial charge is 0.220 e. The number of rotatable bonds is 48. The fourth-order valence-corrected chi connectivity index (χ4v) is 9.83. The Morgan fingerprint density at radius 2 is 0.880 bits per heavy atom. The van der Waals surface area contributed by atoms with Crippen LogP contribution >= 0.6 is 0 Å². The van der Waals surface area contributed by atoms with E-state index in [0.717, 1.165) is 57.8 Å². The second-order valence-electron chi connectivity index (χ2n) is 21.5. The molecule has 14 nitrogen and oxygen atoms in total. The van der Waals surface area contributed by atoms with Crippen LogP contribution < -0.4 is 5.32 Å². The highest BCUT2D eigenvalue weighted by Crippen LogP contribution is 2.30. The van der Waals surface area contributed by atoms with Crippen LogP contribution in [-0.4, -0.2) is 140 Å². The minimum atomic E-state index is -1.79. The summed E-state index contributed by atoms with van der Waals surface area (Å²) in [4.78, 5) is 13.3. The molecule has 12 unspecified atom stereocenters. The van der Waals surface area contributed by atoms with Crippen molar-refractivity contribution in [3.05, 3.63) is 48.6 Å². The number of carbonyl (C=O) groups is 1. The van der Waals surface area contributed by atoms with Crippen molar-refractivity contribution in [2.75, 3.05) is 19.8 Å². The van der Waals surface area contributed by atoms with Gasteiger partial charge in [0.2, 0.25) is 5.91 Å². The summed E-state index contributed by atoms with van der Waals surface area (Å²) in [5.41, 5.74) is 0. The van der Waals surface area contributed by atoms with Crippen molar-refractivity contribution in [3.8, 4) is 0 Å². The summed E-state index contributed by atoms with van der Waals surface area (Å²) >= 11 is 0. The maximum absolute atomic E-state index is 13.3. The number of hydrogen-bond donors (Lipinski definition) is 9. The topological polar surface area (TPSA) is 228 Å². The van der Waals surface area contributed by atoms with E-state index in [9.17, 15) is 45.6 Å². The number of aliphatic hydroxyl groups excluding tert-OH is 8. The number of amides is 1. The van der Waals surface area contributed by atoms with Gasteiger partial charge in [0.25, 0.3) is 0 Å². The van der Waals surface area contributed by atoms with E-state index in [1.165, 1.54) is 154 Å².